The minimum Gasteiger partial charge on any atom is -0.378 e. The molecule has 4 nitrogen and oxygen atoms in total. The van der Waals surface area contributed by atoms with Gasteiger partial charge in [0.05, 0.1) is 0 Å². The van der Waals surface area contributed by atoms with Gasteiger partial charge >= 0.3 is 6.03 Å². The Labute approximate surface area is 135 Å². The summed E-state index contributed by atoms with van der Waals surface area (Å²) in [5.41, 5.74) is 2.31. The largest absolute Gasteiger partial charge is 0.378 e. The number of nitrogens with zero attached hydrogens (tertiary/aromatic N) is 2. The molecule has 22 heavy (non-hydrogen) atoms. The predicted octanol–water partition coefficient (Wildman–Crippen LogP) is 3.86. The SMILES string of the molecule is CCCCCC(C)NC(=O)N(C)Cc1ccc(N(C)C)cc1. The summed E-state index contributed by atoms with van der Waals surface area (Å²) in [5, 5.41) is 3.07. The first-order chi connectivity index (χ1) is 10.4. The van der Waals surface area contributed by atoms with Gasteiger partial charge in [0.25, 0.3) is 0 Å². The van der Waals surface area contributed by atoms with Gasteiger partial charge < -0.3 is 15.1 Å². The van der Waals surface area contributed by atoms with Crippen LogP contribution >= 0.6 is 0 Å². The number of hydrogen-bond acceptors (Lipinski definition) is 2. The summed E-state index contributed by atoms with van der Waals surface area (Å²) in [6.45, 7) is 4.90. The molecule has 0 aromatic heterocycles. The number of carbonyl (C=O) groups is 1. The molecule has 0 radical (unpaired) electrons. The monoisotopic (exact) mass is 305 g/mol. The summed E-state index contributed by atoms with van der Waals surface area (Å²) in [5.74, 6) is 0. The van der Waals surface area contributed by atoms with Crippen LogP contribution in [-0.2, 0) is 6.54 Å². The summed E-state index contributed by atoms with van der Waals surface area (Å²) in [6, 6.07) is 8.54. The molecule has 1 aromatic carbocycles. The first-order valence-electron chi connectivity index (χ1n) is 8.22. The average molecular weight is 305 g/mol. The highest BCUT2D eigenvalue weighted by Crippen LogP contribution is 2.13. The normalized spacial score (nSPS) is 11.9. The summed E-state index contributed by atoms with van der Waals surface area (Å²) >= 11 is 0. The van der Waals surface area contributed by atoms with Gasteiger partial charge in [0, 0.05) is 39.4 Å². The lowest BCUT2D eigenvalue weighted by Gasteiger charge is -2.22. The zero-order valence-corrected chi connectivity index (χ0v) is 14.7. The van der Waals surface area contributed by atoms with Crippen LogP contribution in [0.2, 0.25) is 0 Å². The molecule has 4 heteroatoms. The second kappa shape index (κ2) is 9.34. The molecule has 0 spiro atoms. The number of anilines is 1. The standard InChI is InChI=1S/C18H31N3O/c1-6-7-8-9-15(2)19-18(22)21(5)14-16-10-12-17(13-11-16)20(3)4/h10-13,15H,6-9,14H2,1-5H3,(H,19,22). The summed E-state index contributed by atoms with van der Waals surface area (Å²) in [7, 11) is 5.89. The fourth-order valence-corrected chi connectivity index (χ4v) is 2.34. The first kappa shape index (κ1) is 18.3. The lowest BCUT2D eigenvalue weighted by Crippen LogP contribution is -2.41. The van der Waals surface area contributed by atoms with Crippen LogP contribution in [0.5, 0.6) is 0 Å². The highest BCUT2D eigenvalue weighted by molar-refractivity contribution is 5.74. The van der Waals surface area contributed by atoms with E-state index in [1.807, 2.05) is 21.1 Å². The first-order valence-corrected chi connectivity index (χ1v) is 8.22. The summed E-state index contributed by atoms with van der Waals surface area (Å²) < 4.78 is 0. The van der Waals surface area contributed by atoms with Gasteiger partial charge in [0.15, 0.2) is 0 Å². The molecule has 0 saturated carbocycles. The van der Waals surface area contributed by atoms with Gasteiger partial charge in [-0.1, -0.05) is 38.3 Å². The van der Waals surface area contributed by atoms with Crippen LogP contribution in [0, 0.1) is 0 Å². The number of benzene rings is 1. The highest BCUT2D eigenvalue weighted by Gasteiger charge is 2.12. The van der Waals surface area contributed by atoms with Gasteiger partial charge in [-0.05, 0) is 31.0 Å². The Bertz CT molecular complexity index is 442. The fourth-order valence-electron chi connectivity index (χ4n) is 2.34. The summed E-state index contributed by atoms with van der Waals surface area (Å²) in [6.07, 6.45) is 4.66. The molecule has 1 N–H and O–H groups in total. The number of urea groups is 1. The van der Waals surface area contributed by atoms with E-state index in [0.29, 0.717) is 6.54 Å². The third-order valence-corrected chi connectivity index (χ3v) is 3.83. The predicted molar refractivity (Wildman–Crippen MR) is 94.4 cm³/mol. The van der Waals surface area contributed by atoms with Crippen LogP contribution in [0.3, 0.4) is 0 Å². The van der Waals surface area contributed by atoms with Gasteiger partial charge in [0.1, 0.15) is 0 Å². The number of carbonyl (C=O) groups excluding carboxylic acids is 1. The van der Waals surface area contributed by atoms with Crippen LogP contribution in [0.4, 0.5) is 10.5 Å². The Morgan fingerprint density at radius 1 is 1.14 bits per heavy atom. The van der Waals surface area contributed by atoms with Crippen molar-refractivity contribution in [2.24, 2.45) is 0 Å². The second-order valence-electron chi connectivity index (χ2n) is 6.26. The molecule has 0 aliphatic rings. The van der Waals surface area contributed by atoms with E-state index in [9.17, 15) is 4.79 Å². The number of rotatable bonds is 8. The molecular formula is C18H31N3O. The minimum atomic E-state index is 0.000634. The maximum Gasteiger partial charge on any atom is 0.317 e. The average Bonchev–Trinajstić information content (AvgIpc) is 2.47. The van der Waals surface area contributed by atoms with Crippen LogP contribution in [0.25, 0.3) is 0 Å². The van der Waals surface area contributed by atoms with E-state index in [2.05, 4.69) is 48.3 Å². The molecule has 124 valence electrons. The van der Waals surface area contributed by atoms with E-state index in [1.165, 1.54) is 24.9 Å². The van der Waals surface area contributed by atoms with Crippen molar-refractivity contribution in [3.8, 4) is 0 Å². The van der Waals surface area contributed by atoms with Crippen molar-refractivity contribution < 1.29 is 4.79 Å². The lowest BCUT2D eigenvalue weighted by molar-refractivity contribution is 0.202. The van der Waals surface area contributed by atoms with Crippen LogP contribution in [-0.4, -0.2) is 38.1 Å². The van der Waals surface area contributed by atoms with E-state index in [-0.39, 0.29) is 12.1 Å². The fraction of sp³-hybridized carbons (Fsp3) is 0.611. The van der Waals surface area contributed by atoms with E-state index < -0.39 is 0 Å². The van der Waals surface area contributed by atoms with Crippen molar-refractivity contribution in [3.05, 3.63) is 29.8 Å². The maximum atomic E-state index is 12.2. The van der Waals surface area contributed by atoms with Crippen molar-refractivity contribution in [2.45, 2.75) is 52.1 Å². The van der Waals surface area contributed by atoms with Crippen molar-refractivity contribution in [3.63, 3.8) is 0 Å². The van der Waals surface area contributed by atoms with Crippen LogP contribution in [0.15, 0.2) is 24.3 Å². The van der Waals surface area contributed by atoms with E-state index in [1.54, 1.807) is 4.90 Å². The summed E-state index contributed by atoms with van der Waals surface area (Å²) in [4.78, 5) is 16.0. The Morgan fingerprint density at radius 2 is 1.77 bits per heavy atom. The number of hydrogen-bond donors (Lipinski definition) is 1. The Hall–Kier alpha value is -1.71. The number of nitrogens with one attached hydrogen (secondary N) is 1. The van der Waals surface area contributed by atoms with Crippen LogP contribution < -0.4 is 10.2 Å². The maximum absolute atomic E-state index is 12.2. The van der Waals surface area contributed by atoms with Gasteiger partial charge in [-0.15, -0.1) is 0 Å². The van der Waals surface area contributed by atoms with E-state index in [0.717, 1.165) is 12.0 Å². The van der Waals surface area contributed by atoms with Gasteiger partial charge in [-0.25, -0.2) is 4.79 Å². The third kappa shape index (κ3) is 6.37. The molecule has 0 fully saturated rings. The quantitative estimate of drug-likeness (QED) is 0.740. The Morgan fingerprint density at radius 3 is 2.32 bits per heavy atom. The van der Waals surface area contributed by atoms with E-state index in [4.69, 9.17) is 0 Å². The molecule has 0 aliphatic carbocycles. The molecule has 2 amide bonds. The molecule has 0 saturated heterocycles. The van der Waals surface area contributed by atoms with Crippen molar-refractivity contribution in [2.75, 3.05) is 26.0 Å². The Balaban J connectivity index is 2.43. The third-order valence-electron chi connectivity index (χ3n) is 3.83. The molecule has 0 aliphatic heterocycles. The van der Waals surface area contributed by atoms with E-state index >= 15 is 0 Å². The molecule has 0 heterocycles. The second-order valence-corrected chi connectivity index (χ2v) is 6.26. The van der Waals surface area contributed by atoms with Crippen molar-refractivity contribution in [1.82, 2.24) is 10.2 Å². The molecule has 1 rings (SSSR count). The van der Waals surface area contributed by atoms with Crippen molar-refractivity contribution >= 4 is 11.7 Å². The Kier molecular flexibility index (Phi) is 7.78. The van der Waals surface area contributed by atoms with Crippen LogP contribution in [0.1, 0.15) is 45.1 Å². The molecule has 1 aromatic rings. The van der Waals surface area contributed by atoms with Gasteiger partial charge in [0.2, 0.25) is 0 Å². The molecule has 1 unspecified atom stereocenters. The van der Waals surface area contributed by atoms with Gasteiger partial charge in [-0.2, -0.15) is 0 Å². The topological polar surface area (TPSA) is 35.6 Å². The zero-order valence-electron chi connectivity index (χ0n) is 14.7. The molecule has 1 atom stereocenters. The van der Waals surface area contributed by atoms with Gasteiger partial charge in [-0.3, -0.25) is 0 Å². The number of amides is 2. The van der Waals surface area contributed by atoms with Crippen molar-refractivity contribution in [1.29, 1.82) is 0 Å². The molecule has 0 bridgehead atoms. The minimum absolute atomic E-state index is 0.000634. The smallest absolute Gasteiger partial charge is 0.317 e. The molecular weight excluding hydrogens is 274 g/mol. The zero-order chi connectivity index (χ0) is 16.5. The number of unbranched alkanes of at least 4 members (excludes halogenated alkanes) is 2. The highest BCUT2D eigenvalue weighted by atomic mass is 16.2. The lowest BCUT2D eigenvalue weighted by atomic mass is 10.1.